The Morgan fingerprint density at radius 1 is 1.14 bits per heavy atom. The molecule has 0 aliphatic rings. The molecule has 0 saturated carbocycles. The lowest BCUT2D eigenvalue weighted by Crippen LogP contribution is -2.04. The Morgan fingerprint density at radius 3 is 2.57 bits per heavy atom. The highest BCUT2D eigenvalue weighted by Crippen LogP contribution is 2.23. The predicted octanol–water partition coefficient (Wildman–Crippen LogP) is 3.87. The second kappa shape index (κ2) is 7.48. The Bertz CT molecular complexity index is 593. The summed E-state index contributed by atoms with van der Waals surface area (Å²) >= 11 is 0. The average molecular weight is 283 g/mol. The molecule has 0 unspecified atom stereocenters. The number of hydrogen-bond donors (Lipinski definition) is 1. The highest BCUT2D eigenvalue weighted by atomic mass is 16.5. The van der Waals surface area contributed by atoms with E-state index in [1.54, 1.807) is 18.2 Å². The van der Waals surface area contributed by atoms with Crippen LogP contribution >= 0.6 is 0 Å². The third kappa shape index (κ3) is 4.35. The SMILES string of the molecule is CCC(=O)c1ccc(OCCCc2ccccc2)c(N)c1. The van der Waals surface area contributed by atoms with Crippen LogP contribution in [0.1, 0.15) is 35.7 Å². The van der Waals surface area contributed by atoms with Crippen molar-refractivity contribution in [3.05, 3.63) is 59.7 Å². The monoisotopic (exact) mass is 283 g/mol. The van der Waals surface area contributed by atoms with E-state index in [0.29, 0.717) is 30.0 Å². The van der Waals surface area contributed by atoms with E-state index in [1.807, 2.05) is 25.1 Å². The van der Waals surface area contributed by atoms with Gasteiger partial charge < -0.3 is 10.5 Å². The first-order valence-electron chi connectivity index (χ1n) is 7.30. The summed E-state index contributed by atoms with van der Waals surface area (Å²) in [4.78, 5) is 11.6. The molecule has 110 valence electrons. The molecule has 0 radical (unpaired) electrons. The van der Waals surface area contributed by atoms with Crippen molar-refractivity contribution >= 4 is 11.5 Å². The van der Waals surface area contributed by atoms with Gasteiger partial charge in [-0.15, -0.1) is 0 Å². The Balaban J connectivity index is 1.85. The van der Waals surface area contributed by atoms with Crippen molar-refractivity contribution in [2.75, 3.05) is 12.3 Å². The zero-order valence-electron chi connectivity index (χ0n) is 12.3. The van der Waals surface area contributed by atoms with Gasteiger partial charge in [-0.2, -0.15) is 0 Å². The summed E-state index contributed by atoms with van der Waals surface area (Å²) in [5.74, 6) is 0.744. The Morgan fingerprint density at radius 2 is 1.90 bits per heavy atom. The maximum Gasteiger partial charge on any atom is 0.162 e. The smallest absolute Gasteiger partial charge is 0.162 e. The zero-order chi connectivity index (χ0) is 15.1. The van der Waals surface area contributed by atoms with Gasteiger partial charge in [0.2, 0.25) is 0 Å². The molecule has 2 N–H and O–H groups in total. The number of nitrogens with two attached hydrogens (primary N) is 1. The van der Waals surface area contributed by atoms with Crippen LogP contribution in [0, 0.1) is 0 Å². The van der Waals surface area contributed by atoms with Crippen LogP contribution in [0.2, 0.25) is 0 Å². The summed E-state index contributed by atoms with van der Waals surface area (Å²) in [6.07, 6.45) is 2.39. The lowest BCUT2D eigenvalue weighted by Gasteiger charge is -2.10. The first-order valence-corrected chi connectivity index (χ1v) is 7.30. The molecule has 0 fully saturated rings. The third-order valence-electron chi connectivity index (χ3n) is 3.36. The van der Waals surface area contributed by atoms with E-state index in [0.717, 1.165) is 12.8 Å². The number of benzene rings is 2. The number of nitrogen functional groups attached to an aromatic ring is 1. The summed E-state index contributed by atoms with van der Waals surface area (Å²) in [6.45, 7) is 2.45. The van der Waals surface area contributed by atoms with E-state index in [1.165, 1.54) is 5.56 Å². The van der Waals surface area contributed by atoms with Crippen molar-refractivity contribution < 1.29 is 9.53 Å². The van der Waals surface area contributed by atoms with Gasteiger partial charge in [-0.25, -0.2) is 0 Å². The van der Waals surface area contributed by atoms with Crippen LogP contribution in [-0.2, 0) is 6.42 Å². The number of anilines is 1. The van der Waals surface area contributed by atoms with Crippen molar-refractivity contribution in [2.24, 2.45) is 0 Å². The minimum absolute atomic E-state index is 0.0947. The number of aryl methyl sites for hydroxylation is 1. The van der Waals surface area contributed by atoms with Gasteiger partial charge in [-0.3, -0.25) is 4.79 Å². The molecule has 0 atom stereocenters. The van der Waals surface area contributed by atoms with Gasteiger partial charge in [0.1, 0.15) is 5.75 Å². The maximum atomic E-state index is 11.6. The molecule has 3 nitrogen and oxygen atoms in total. The van der Waals surface area contributed by atoms with E-state index in [4.69, 9.17) is 10.5 Å². The number of rotatable bonds is 7. The third-order valence-corrected chi connectivity index (χ3v) is 3.36. The summed E-state index contributed by atoms with van der Waals surface area (Å²) < 4.78 is 5.69. The number of carbonyl (C=O) groups excluding carboxylic acids is 1. The molecule has 0 bridgehead atoms. The number of ether oxygens (including phenoxy) is 1. The van der Waals surface area contributed by atoms with Gasteiger partial charge in [0.25, 0.3) is 0 Å². The van der Waals surface area contributed by atoms with E-state index < -0.39 is 0 Å². The number of ketones is 1. The topological polar surface area (TPSA) is 52.3 Å². The number of hydrogen-bond acceptors (Lipinski definition) is 3. The molecule has 0 saturated heterocycles. The molecular weight excluding hydrogens is 262 g/mol. The second-order valence-electron chi connectivity index (χ2n) is 4.97. The molecule has 2 aromatic rings. The summed E-state index contributed by atoms with van der Waals surface area (Å²) in [5.41, 5.74) is 8.40. The normalized spacial score (nSPS) is 10.3. The molecule has 0 heterocycles. The first-order chi connectivity index (χ1) is 10.2. The first kappa shape index (κ1) is 15.1. The Labute approximate surface area is 125 Å². The Kier molecular flexibility index (Phi) is 5.38. The van der Waals surface area contributed by atoms with Gasteiger partial charge >= 0.3 is 0 Å². The van der Waals surface area contributed by atoms with Crippen LogP contribution in [-0.4, -0.2) is 12.4 Å². The van der Waals surface area contributed by atoms with Crippen molar-refractivity contribution in [1.29, 1.82) is 0 Å². The van der Waals surface area contributed by atoms with Gasteiger partial charge in [0.15, 0.2) is 5.78 Å². The van der Waals surface area contributed by atoms with Crippen molar-refractivity contribution in [1.82, 2.24) is 0 Å². The predicted molar refractivity (Wildman–Crippen MR) is 85.7 cm³/mol. The van der Waals surface area contributed by atoms with Crippen LogP contribution in [0.25, 0.3) is 0 Å². The minimum Gasteiger partial charge on any atom is -0.491 e. The highest BCUT2D eigenvalue weighted by Gasteiger charge is 2.07. The van der Waals surface area contributed by atoms with Gasteiger partial charge in [0, 0.05) is 12.0 Å². The average Bonchev–Trinajstić information content (AvgIpc) is 2.53. The molecule has 0 spiro atoms. The van der Waals surface area contributed by atoms with Gasteiger partial charge in [0.05, 0.1) is 12.3 Å². The second-order valence-corrected chi connectivity index (χ2v) is 4.97. The number of carbonyl (C=O) groups is 1. The fourth-order valence-corrected chi connectivity index (χ4v) is 2.16. The van der Waals surface area contributed by atoms with Gasteiger partial charge in [-0.05, 0) is 36.6 Å². The molecule has 0 amide bonds. The lowest BCUT2D eigenvalue weighted by atomic mass is 10.1. The van der Waals surface area contributed by atoms with E-state index in [2.05, 4.69) is 12.1 Å². The molecule has 3 heteroatoms. The zero-order valence-corrected chi connectivity index (χ0v) is 12.3. The van der Waals surface area contributed by atoms with Gasteiger partial charge in [-0.1, -0.05) is 37.3 Å². The summed E-state index contributed by atoms with van der Waals surface area (Å²) in [6, 6.07) is 15.6. The quantitative estimate of drug-likeness (QED) is 0.477. The van der Waals surface area contributed by atoms with Crippen molar-refractivity contribution in [2.45, 2.75) is 26.2 Å². The minimum atomic E-state index is 0.0947. The standard InChI is InChI=1S/C18H21NO2/c1-2-17(20)15-10-11-18(16(19)13-15)21-12-6-9-14-7-4-3-5-8-14/h3-5,7-8,10-11,13H,2,6,9,12,19H2,1H3. The lowest BCUT2D eigenvalue weighted by molar-refractivity contribution is 0.0988. The molecule has 2 rings (SSSR count). The highest BCUT2D eigenvalue weighted by molar-refractivity contribution is 5.97. The van der Waals surface area contributed by atoms with Crippen LogP contribution in [0.3, 0.4) is 0 Å². The Hall–Kier alpha value is -2.29. The summed E-state index contributed by atoms with van der Waals surface area (Å²) in [7, 11) is 0. The van der Waals surface area contributed by atoms with Crippen LogP contribution in [0.4, 0.5) is 5.69 Å². The molecule has 21 heavy (non-hydrogen) atoms. The van der Waals surface area contributed by atoms with E-state index in [9.17, 15) is 4.79 Å². The number of Topliss-reactive ketones (excluding diaryl/α,β-unsaturated/α-hetero) is 1. The maximum absolute atomic E-state index is 11.6. The van der Waals surface area contributed by atoms with Crippen molar-refractivity contribution in [3.8, 4) is 5.75 Å². The van der Waals surface area contributed by atoms with Crippen LogP contribution in [0.5, 0.6) is 5.75 Å². The molecule has 0 aliphatic carbocycles. The fraction of sp³-hybridized carbons (Fsp3) is 0.278. The summed E-state index contributed by atoms with van der Waals surface area (Å²) in [5, 5.41) is 0. The van der Waals surface area contributed by atoms with Crippen LogP contribution in [0.15, 0.2) is 48.5 Å². The molecule has 0 aromatic heterocycles. The van der Waals surface area contributed by atoms with Crippen molar-refractivity contribution in [3.63, 3.8) is 0 Å². The molecule has 0 aliphatic heterocycles. The molecular formula is C18H21NO2. The van der Waals surface area contributed by atoms with Crippen LogP contribution < -0.4 is 10.5 Å². The van der Waals surface area contributed by atoms with E-state index >= 15 is 0 Å². The largest absolute Gasteiger partial charge is 0.491 e. The molecule has 2 aromatic carbocycles. The van der Waals surface area contributed by atoms with E-state index in [-0.39, 0.29) is 5.78 Å². The fourth-order valence-electron chi connectivity index (χ4n) is 2.16.